The van der Waals surface area contributed by atoms with Gasteiger partial charge in [-0.1, -0.05) is 12.1 Å². The zero-order valence-electron chi connectivity index (χ0n) is 11.4. The lowest BCUT2D eigenvalue weighted by Crippen LogP contribution is -2.24. The van der Waals surface area contributed by atoms with Crippen molar-refractivity contribution >= 4 is 17.2 Å². The van der Waals surface area contributed by atoms with Gasteiger partial charge in [-0.3, -0.25) is 4.79 Å². The summed E-state index contributed by atoms with van der Waals surface area (Å²) in [6.07, 6.45) is 0. The minimum atomic E-state index is -0.133. The predicted molar refractivity (Wildman–Crippen MR) is 80.9 cm³/mol. The molecule has 0 atom stereocenters. The number of likely N-dealkylation sites (N-methyl/N-ethyl adjacent to an activating group) is 1. The summed E-state index contributed by atoms with van der Waals surface area (Å²) in [4.78, 5) is 11.1. The third kappa shape index (κ3) is 4.68. The quantitative estimate of drug-likeness (QED) is 0.821. The van der Waals surface area contributed by atoms with Gasteiger partial charge in [0.1, 0.15) is 5.75 Å². The summed E-state index contributed by atoms with van der Waals surface area (Å²) in [5, 5.41) is 10.1. The van der Waals surface area contributed by atoms with Crippen LogP contribution in [-0.4, -0.2) is 19.6 Å². The summed E-state index contributed by atoms with van der Waals surface area (Å²) in [5.41, 5.74) is 2.49. The van der Waals surface area contributed by atoms with Crippen LogP contribution in [0.4, 0.5) is 0 Å². The van der Waals surface area contributed by atoms with E-state index in [1.807, 2.05) is 24.3 Å². The lowest BCUT2D eigenvalue weighted by Gasteiger charge is -2.07. The highest BCUT2D eigenvalue weighted by molar-refractivity contribution is 7.07. The number of nitrogens with one attached hydrogen (secondary N) is 2. The Morgan fingerprint density at radius 2 is 1.90 bits per heavy atom. The van der Waals surface area contributed by atoms with Gasteiger partial charge in [0, 0.05) is 20.1 Å². The average molecular weight is 290 g/mol. The fourth-order valence-corrected chi connectivity index (χ4v) is 2.34. The van der Waals surface area contributed by atoms with Crippen LogP contribution in [-0.2, 0) is 17.9 Å². The van der Waals surface area contributed by atoms with Crippen LogP contribution in [0, 0.1) is 0 Å². The van der Waals surface area contributed by atoms with E-state index in [1.165, 1.54) is 11.1 Å². The van der Waals surface area contributed by atoms with Gasteiger partial charge >= 0.3 is 0 Å². The number of benzene rings is 1. The maximum absolute atomic E-state index is 11.1. The molecule has 0 fully saturated rings. The predicted octanol–water partition coefficient (Wildman–Crippen LogP) is 2.16. The van der Waals surface area contributed by atoms with E-state index in [9.17, 15) is 4.79 Å². The Kier molecular flexibility index (Phi) is 5.58. The first-order valence-corrected chi connectivity index (χ1v) is 7.36. The Labute approximate surface area is 122 Å². The zero-order valence-corrected chi connectivity index (χ0v) is 12.2. The van der Waals surface area contributed by atoms with Crippen LogP contribution in [0.3, 0.4) is 0 Å². The molecule has 2 aromatic rings. The van der Waals surface area contributed by atoms with Gasteiger partial charge in [0.25, 0.3) is 5.91 Å². The van der Waals surface area contributed by atoms with Crippen molar-refractivity contribution in [3.63, 3.8) is 0 Å². The molecule has 106 valence electrons. The van der Waals surface area contributed by atoms with Crippen molar-refractivity contribution in [1.82, 2.24) is 10.6 Å². The normalized spacial score (nSPS) is 10.2. The summed E-state index contributed by atoms with van der Waals surface area (Å²) in [7, 11) is 1.59. The molecule has 2 rings (SSSR count). The summed E-state index contributed by atoms with van der Waals surface area (Å²) in [5.74, 6) is 0.571. The van der Waals surface area contributed by atoms with E-state index in [4.69, 9.17) is 4.74 Å². The van der Waals surface area contributed by atoms with Crippen LogP contribution in [0.5, 0.6) is 5.75 Å². The van der Waals surface area contributed by atoms with E-state index in [0.717, 1.165) is 13.1 Å². The van der Waals surface area contributed by atoms with Crippen molar-refractivity contribution in [2.24, 2.45) is 0 Å². The molecular weight excluding hydrogens is 272 g/mol. The molecule has 4 nitrogen and oxygen atoms in total. The number of amides is 1. The topological polar surface area (TPSA) is 50.4 Å². The van der Waals surface area contributed by atoms with E-state index in [2.05, 4.69) is 27.5 Å². The largest absolute Gasteiger partial charge is 0.484 e. The van der Waals surface area contributed by atoms with E-state index >= 15 is 0 Å². The minimum absolute atomic E-state index is 0.0479. The number of hydrogen-bond donors (Lipinski definition) is 2. The first kappa shape index (κ1) is 14.6. The second-order valence-corrected chi connectivity index (χ2v) is 5.12. The second kappa shape index (κ2) is 7.67. The molecule has 2 N–H and O–H groups in total. The average Bonchev–Trinajstić information content (AvgIpc) is 2.99. The van der Waals surface area contributed by atoms with E-state index in [0.29, 0.717) is 5.75 Å². The Morgan fingerprint density at radius 3 is 2.55 bits per heavy atom. The van der Waals surface area contributed by atoms with Gasteiger partial charge < -0.3 is 15.4 Å². The number of thiophene rings is 1. The monoisotopic (exact) mass is 290 g/mol. The van der Waals surface area contributed by atoms with Crippen molar-refractivity contribution in [2.45, 2.75) is 13.1 Å². The van der Waals surface area contributed by atoms with Gasteiger partial charge in [-0.2, -0.15) is 11.3 Å². The zero-order chi connectivity index (χ0) is 14.2. The maximum atomic E-state index is 11.1. The molecule has 1 aromatic heterocycles. The molecule has 0 spiro atoms. The van der Waals surface area contributed by atoms with E-state index in [-0.39, 0.29) is 12.5 Å². The highest BCUT2D eigenvalue weighted by Crippen LogP contribution is 2.12. The standard InChI is InChI=1S/C15H18N2O2S/c1-16-15(18)10-19-14-4-2-12(3-5-14)8-17-9-13-6-7-20-11-13/h2-7,11,17H,8-10H2,1H3,(H,16,18). The van der Waals surface area contributed by atoms with Crippen LogP contribution in [0.1, 0.15) is 11.1 Å². The number of hydrogen-bond acceptors (Lipinski definition) is 4. The maximum Gasteiger partial charge on any atom is 0.257 e. The van der Waals surface area contributed by atoms with Crippen LogP contribution >= 0.6 is 11.3 Å². The molecule has 0 aliphatic heterocycles. The van der Waals surface area contributed by atoms with Gasteiger partial charge in [-0.05, 0) is 40.1 Å². The lowest BCUT2D eigenvalue weighted by atomic mass is 10.2. The highest BCUT2D eigenvalue weighted by Gasteiger charge is 2.00. The third-order valence-electron chi connectivity index (χ3n) is 2.81. The van der Waals surface area contributed by atoms with Gasteiger partial charge in [-0.15, -0.1) is 0 Å². The number of carbonyl (C=O) groups excluding carboxylic acids is 1. The molecule has 0 saturated heterocycles. The van der Waals surface area contributed by atoms with Crippen LogP contribution in [0.25, 0.3) is 0 Å². The van der Waals surface area contributed by atoms with E-state index < -0.39 is 0 Å². The number of carbonyl (C=O) groups is 1. The van der Waals surface area contributed by atoms with Crippen molar-refractivity contribution < 1.29 is 9.53 Å². The van der Waals surface area contributed by atoms with Crippen molar-refractivity contribution in [3.05, 3.63) is 52.2 Å². The second-order valence-electron chi connectivity index (χ2n) is 4.34. The highest BCUT2D eigenvalue weighted by atomic mass is 32.1. The molecule has 20 heavy (non-hydrogen) atoms. The first-order valence-electron chi connectivity index (χ1n) is 6.42. The summed E-state index contributed by atoms with van der Waals surface area (Å²) in [6, 6.07) is 9.88. The van der Waals surface area contributed by atoms with Gasteiger partial charge in [0.15, 0.2) is 6.61 Å². The molecule has 0 radical (unpaired) electrons. The minimum Gasteiger partial charge on any atom is -0.484 e. The van der Waals surface area contributed by atoms with Gasteiger partial charge in [-0.25, -0.2) is 0 Å². The fourth-order valence-electron chi connectivity index (χ4n) is 1.67. The summed E-state index contributed by atoms with van der Waals surface area (Å²) >= 11 is 1.71. The molecule has 0 aliphatic carbocycles. The molecule has 0 saturated carbocycles. The Morgan fingerprint density at radius 1 is 1.15 bits per heavy atom. The van der Waals surface area contributed by atoms with Crippen molar-refractivity contribution in [3.8, 4) is 5.75 Å². The lowest BCUT2D eigenvalue weighted by molar-refractivity contribution is -0.122. The summed E-state index contributed by atoms with van der Waals surface area (Å²) < 4.78 is 5.35. The molecule has 5 heteroatoms. The molecule has 1 aromatic carbocycles. The molecule has 0 aliphatic rings. The Bertz CT molecular complexity index is 523. The van der Waals surface area contributed by atoms with Crippen molar-refractivity contribution in [2.75, 3.05) is 13.7 Å². The molecule has 0 unspecified atom stereocenters. The van der Waals surface area contributed by atoms with Gasteiger partial charge in [0.05, 0.1) is 0 Å². The Balaban J connectivity index is 1.75. The first-order chi connectivity index (χ1) is 9.78. The SMILES string of the molecule is CNC(=O)COc1ccc(CNCc2ccsc2)cc1. The third-order valence-corrected chi connectivity index (χ3v) is 3.54. The number of rotatable bonds is 7. The molecule has 1 amide bonds. The number of ether oxygens (including phenoxy) is 1. The molecule has 0 bridgehead atoms. The van der Waals surface area contributed by atoms with Crippen LogP contribution < -0.4 is 15.4 Å². The van der Waals surface area contributed by atoms with Crippen LogP contribution in [0.2, 0.25) is 0 Å². The fraction of sp³-hybridized carbons (Fsp3) is 0.267. The van der Waals surface area contributed by atoms with E-state index in [1.54, 1.807) is 18.4 Å². The smallest absolute Gasteiger partial charge is 0.257 e. The molecular formula is C15H18N2O2S. The molecule has 1 heterocycles. The Hall–Kier alpha value is -1.85. The van der Waals surface area contributed by atoms with Crippen molar-refractivity contribution in [1.29, 1.82) is 0 Å². The summed E-state index contributed by atoms with van der Waals surface area (Å²) in [6.45, 7) is 1.73. The van der Waals surface area contributed by atoms with Crippen LogP contribution in [0.15, 0.2) is 41.1 Å². The van der Waals surface area contributed by atoms with Gasteiger partial charge in [0.2, 0.25) is 0 Å².